The molecule has 1 unspecified atom stereocenters. The molecule has 3 rings (SSSR count). The standard InChI is InChI=1S/C9H10N6O2/c16-8-3-5(4-10-8)11-6-1-2-7-12-13-9(17)15(7)14-6/h1-2,5H,3-4H2,(H,10,16)(H,11,14)(H,13,17). The predicted octanol–water partition coefficient (Wildman–Crippen LogP) is -1.28. The van der Waals surface area contributed by atoms with E-state index >= 15 is 0 Å². The van der Waals surface area contributed by atoms with Crippen molar-refractivity contribution in [2.24, 2.45) is 0 Å². The van der Waals surface area contributed by atoms with E-state index in [2.05, 4.69) is 25.9 Å². The van der Waals surface area contributed by atoms with E-state index in [0.717, 1.165) is 0 Å². The number of fused-ring (bicyclic) bond motifs is 1. The fraction of sp³-hybridized carbons (Fsp3) is 0.333. The molecule has 8 nitrogen and oxygen atoms in total. The molecule has 88 valence electrons. The number of aromatic amines is 1. The smallest absolute Gasteiger partial charge is 0.364 e. The van der Waals surface area contributed by atoms with E-state index in [1.54, 1.807) is 12.1 Å². The number of rotatable bonds is 2. The Morgan fingerprint density at radius 1 is 1.41 bits per heavy atom. The summed E-state index contributed by atoms with van der Waals surface area (Å²) in [5, 5.41) is 16.0. The molecular weight excluding hydrogens is 224 g/mol. The molecule has 17 heavy (non-hydrogen) atoms. The lowest BCUT2D eigenvalue weighted by molar-refractivity contribution is -0.119. The minimum absolute atomic E-state index is 0.00931. The number of amides is 1. The topological polar surface area (TPSA) is 104 Å². The molecule has 3 heterocycles. The molecule has 0 aliphatic carbocycles. The number of carbonyl (C=O) groups excluding carboxylic acids is 1. The third-order valence-electron chi connectivity index (χ3n) is 2.60. The Kier molecular flexibility index (Phi) is 2.07. The molecule has 2 aromatic heterocycles. The summed E-state index contributed by atoms with van der Waals surface area (Å²) in [5.74, 6) is 0.562. The molecule has 0 radical (unpaired) electrons. The van der Waals surface area contributed by atoms with Gasteiger partial charge in [-0.2, -0.15) is 9.61 Å². The molecule has 0 bridgehead atoms. The summed E-state index contributed by atoms with van der Waals surface area (Å²) in [6.07, 6.45) is 0.417. The number of anilines is 1. The van der Waals surface area contributed by atoms with E-state index in [9.17, 15) is 9.59 Å². The van der Waals surface area contributed by atoms with Crippen LogP contribution in [0, 0.1) is 0 Å². The van der Waals surface area contributed by atoms with E-state index in [0.29, 0.717) is 24.4 Å². The van der Waals surface area contributed by atoms with Gasteiger partial charge in [0.25, 0.3) is 0 Å². The SMILES string of the molecule is O=C1CC(Nc2ccc3n[nH]c(=O)n3n2)CN1. The maximum absolute atomic E-state index is 11.3. The number of hydrogen-bond donors (Lipinski definition) is 3. The van der Waals surface area contributed by atoms with Crippen molar-refractivity contribution in [1.82, 2.24) is 25.1 Å². The second-order valence-electron chi connectivity index (χ2n) is 3.87. The van der Waals surface area contributed by atoms with Crippen LogP contribution < -0.4 is 16.3 Å². The van der Waals surface area contributed by atoms with Gasteiger partial charge >= 0.3 is 5.69 Å². The van der Waals surface area contributed by atoms with Gasteiger partial charge in [0, 0.05) is 13.0 Å². The molecule has 0 saturated carbocycles. The molecule has 3 N–H and O–H groups in total. The zero-order valence-electron chi connectivity index (χ0n) is 8.80. The Bertz CT molecular complexity index is 630. The summed E-state index contributed by atoms with van der Waals surface area (Å²) >= 11 is 0. The van der Waals surface area contributed by atoms with Gasteiger partial charge in [-0.15, -0.1) is 5.10 Å². The average Bonchev–Trinajstić information content (AvgIpc) is 2.87. The summed E-state index contributed by atoms with van der Waals surface area (Å²) in [6, 6.07) is 3.41. The summed E-state index contributed by atoms with van der Waals surface area (Å²) in [6.45, 7) is 0.568. The minimum Gasteiger partial charge on any atom is -0.364 e. The molecule has 0 aromatic carbocycles. The Morgan fingerprint density at radius 2 is 2.29 bits per heavy atom. The van der Waals surface area contributed by atoms with Crippen molar-refractivity contribution in [1.29, 1.82) is 0 Å². The Balaban J connectivity index is 1.88. The van der Waals surface area contributed by atoms with Gasteiger partial charge in [-0.1, -0.05) is 0 Å². The molecule has 1 amide bonds. The minimum atomic E-state index is -0.385. The van der Waals surface area contributed by atoms with Crippen molar-refractivity contribution in [3.8, 4) is 0 Å². The van der Waals surface area contributed by atoms with Crippen LogP contribution >= 0.6 is 0 Å². The van der Waals surface area contributed by atoms with Crippen LogP contribution in [0.25, 0.3) is 5.65 Å². The van der Waals surface area contributed by atoms with E-state index in [-0.39, 0.29) is 17.6 Å². The molecule has 1 atom stereocenters. The second kappa shape index (κ2) is 3.58. The highest BCUT2D eigenvalue weighted by atomic mass is 16.2. The largest absolute Gasteiger partial charge is 0.364 e. The lowest BCUT2D eigenvalue weighted by Crippen LogP contribution is -2.24. The van der Waals surface area contributed by atoms with Gasteiger partial charge in [-0.3, -0.25) is 4.79 Å². The number of H-pyrrole nitrogens is 1. The number of hydrogen-bond acceptors (Lipinski definition) is 5. The highest BCUT2D eigenvalue weighted by Gasteiger charge is 2.21. The second-order valence-corrected chi connectivity index (χ2v) is 3.87. The first kappa shape index (κ1) is 9.82. The van der Waals surface area contributed by atoms with E-state index < -0.39 is 0 Å². The lowest BCUT2D eigenvalue weighted by atomic mass is 10.2. The molecule has 1 aliphatic rings. The van der Waals surface area contributed by atoms with Crippen molar-refractivity contribution < 1.29 is 4.79 Å². The zero-order chi connectivity index (χ0) is 11.8. The summed E-state index contributed by atoms with van der Waals surface area (Å²) < 4.78 is 1.17. The van der Waals surface area contributed by atoms with Crippen molar-refractivity contribution in [3.05, 3.63) is 22.6 Å². The molecule has 1 aliphatic heterocycles. The monoisotopic (exact) mass is 234 g/mol. The first-order valence-electron chi connectivity index (χ1n) is 5.20. The van der Waals surface area contributed by atoms with Gasteiger partial charge in [-0.05, 0) is 12.1 Å². The maximum atomic E-state index is 11.3. The van der Waals surface area contributed by atoms with Crippen molar-refractivity contribution in [2.75, 3.05) is 11.9 Å². The van der Waals surface area contributed by atoms with Crippen LogP contribution in [0.4, 0.5) is 5.82 Å². The lowest BCUT2D eigenvalue weighted by Gasteiger charge is -2.10. The van der Waals surface area contributed by atoms with E-state index in [4.69, 9.17) is 0 Å². The molecular formula is C9H10N6O2. The molecule has 1 fully saturated rings. The van der Waals surface area contributed by atoms with Gasteiger partial charge in [0.05, 0.1) is 6.04 Å². The van der Waals surface area contributed by atoms with Crippen LogP contribution in [0.5, 0.6) is 0 Å². The third kappa shape index (κ3) is 1.73. The average molecular weight is 234 g/mol. The summed E-state index contributed by atoms with van der Waals surface area (Å²) in [7, 11) is 0. The number of carbonyl (C=O) groups is 1. The van der Waals surface area contributed by atoms with Crippen LogP contribution in [-0.4, -0.2) is 38.3 Å². The summed E-state index contributed by atoms with van der Waals surface area (Å²) in [4.78, 5) is 22.3. The van der Waals surface area contributed by atoms with Crippen molar-refractivity contribution >= 4 is 17.4 Å². The molecule has 1 saturated heterocycles. The third-order valence-corrected chi connectivity index (χ3v) is 2.60. The number of nitrogens with zero attached hydrogens (tertiary/aromatic N) is 3. The zero-order valence-corrected chi connectivity index (χ0v) is 8.80. The van der Waals surface area contributed by atoms with E-state index in [1.165, 1.54) is 4.52 Å². The van der Waals surface area contributed by atoms with Crippen molar-refractivity contribution in [2.45, 2.75) is 12.5 Å². The quantitative estimate of drug-likeness (QED) is 0.600. The normalized spacial score (nSPS) is 19.5. The summed E-state index contributed by atoms with van der Waals surface area (Å²) in [5.41, 5.74) is 0.0745. The fourth-order valence-corrected chi connectivity index (χ4v) is 1.80. The van der Waals surface area contributed by atoms with Crippen LogP contribution in [0.15, 0.2) is 16.9 Å². The van der Waals surface area contributed by atoms with Gasteiger partial charge in [0.15, 0.2) is 5.65 Å². The van der Waals surface area contributed by atoms with Gasteiger partial charge in [-0.25, -0.2) is 9.89 Å². The van der Waals surface area contributed by atoms with Crippen LogP contribution in [-0.2, 0) is 4.79 Å². The Morgan fingerprint density at radius 3 is 3.06 bits per heavy atom. The van der Waals surface area contributed by atoms with Gasteiger partial charge < -0.3 is 10.6 Å². The Hall–Kier alpha value is -2.38. The fourth-order valence-electron chi connectivity index (χ4n) is 1.80. The molecule has 2 aromatic rings. The maximum Gasteiger partial charge on any atom is 0.364 e. The first-order chi connectivity index (χ1) is 8.22. The predicted molar refractivity (Wildman–Crippen MR) is 58.6 cm³/mol. The highest BCUT2D eigenvalue weighted by molar-refractivity contribution is 5.79. The number of nitrogens with one attached hydrogen (secondary N) is 3. The Labute approximate surface area is 95.0 Å². The van der Waals surface area contributed by atoms with Gasteiger partial charge in [0.1, 0.15) is 5.82 Å². The number of aromatic nitrogens is 4. The molecule has 8 heteroatoms. The van der Waals surface area contributed by atoms with Gasteiger partial charge in [0.2, 0.25) is 5.91 Å². The van der Waals surface area contributed by atoms with Crippen molar-refractivity contribution in [3.63, 3.8) is 0 Å². The van der Waals surface area contributed by atoms with E-state index in [1.807, 2.05) is 0 Å². The highest BCUT2D eigenvalue weighted by Crippen LogP contribution is 2.09. The van der Waals surface area contributed by atoms with Crippen LogP contribution in [0.1, 0.15) is 6.42 Å². The van der Waals surface area contributed by atoms with Crippen LogP contribution in [0.3, 0.4) is 0 Å². The first-order valence-corrected chi connectivity index (χ1v) is 5.20. The van der Waals surface area contributed by atoms with Crippen LogP contribution in [0.2, 0.25) is 0 Å². The molecule has 0 spiro atoms.